The lowest BCUT2D eigenvalue weighted by Gasteiger charge is -2.22. The highest BCUT2D eigenvalue weighted by Crippen LogP contribution is 2.42. The van der Waals surface area contributed by atoms with Crippen LogP contribution in [0.4, 0.5) is 0 Å². The predicted molar refractivity (Wildman–Crippen MR) is 64.7 cm³/mol. The summed E-state index contributed by atoms with van der Waals surface area (Å²) in [5, 5.41) is 11.3. The molecular weight excluding hydrogens is 228 g/mol. The summed E-state index contributed by atoms with van der Waals surface area (Å²) in [5.41, 5.74) is 0. The SMILES string of the molecule is O=C(O)C1(CCc2cccs2)CCCS1. The van der Waals surface area contributed by atoms with Crippen molar-refractivity contribution in [3.63, 3.8) is 0 Å². The minimum Gasteiger partial charge on any atom is -0.480 e. The molecule has 2 rings (SSSR count). The number of rotatable bonds is 4. The lowest BCUT2D eigenvalue weighted by Crippen LogP contribution is -2.32. The molecule has 2 nitrogen and oxygen atoms in total. The molecule has 0 saturated carbocycles. The zero-order valence-electron chi connectivity index (χ0n) is 8.44. The third-order valence-electron chi connectivity index (χ3n) is 2.85. The Labute approximate surface area is 97.7 Å². The van der Waals surface area contributed by atoms with Gasteiger partial charge in [0.25, 0.3) is 0 Å². The van der Waals surface area contributed by atoms with E-state index in [1.165, 1.54) is 4.88 Å². The van der Waals surface area contributed by atoms with Crippen molar-refractivity contribution in [1.29, 1.82) is 0 Å². The molecule has 4 heteroatoms. The minimum absolute atomic E-state index is 0.496. The van der Waals surface area contributed by atoms with Gasteiger partial charge in [0.2, 0.25) is 0 Å². The molecule has 82 valence electrons. The van der Waals surface area contributed by atoms with E-state index in [1.54, 1.807) is 23.1 Å². The van der Waals surface area contributed by atoms with Crippen LogP contribution >= 0.6 is 23.1 Å². The van der Waals surface area contributed by atoms with Gasteiger partial charge in [-0.3, -0.25) is 4.79 Å². The number of hydrogen-bond donors (Lipinski definition) is 1. The average Bonchev–Trinajstić information content (AvgIpc) is 2.87. The van der Waals surface area contributed by atoms with E-state index < -0.39 is 10.7 Å². The first-order chi connectivity index (χ1) is 7.23. The number of carboxylic acid groups (broad SMARTS) is 1. The van der Waals surface area contributed by atoms with Gasteiger partial charge in [-0.1, -0.05) is 6.07 Å². The van der Waals surface area contributed by atoms with E-state index in [9.17, 15) is 9.90 Å². The Morgan fingerprint density at radius 3 is 3.00 bits per heavy atom. The second-order valence-corrected chi connectivity index (χ2v) is 6.34. The number of thiophene rings is 1. The summed E-state index contributed by atoms with van der Waals surface area (Å²) in [6.07, 6.45) is 3.55. The van der Waals surface area contributed by atoms with Crippen LogP contribution in [-0.2, 0) is 11.2 Å². The molecule has 0 aliphatic carbocycles. The van der Waals surface area contributed by atoms with Gasteiger partial charge in [-0.15, -0.1) is 23.1 Å². The van der Waals surface area contributed by atoms with Crippen molar-refractivity contribution in [2.45, 2.75) is 30.4 Å². The average molecular weight is 242 g/mol. The molecule has 15 heavy (non-hydrogen) atoms. The summed E-state index contributed by atoms with van der Waals surface area (Å²) in [6, 6.07) is 4.11. The zero-order chi connectivity index (χ0) is 10.7. The van der Waals surface area contributed by atoms with Crippen LogP contribution in [0.25, 0.3) is 0 Å². The highest BCUT2D eigenvalue weighted by molar-refractivity contribution is 8.01. The molecule has 1 aromatic rings. The minimum atomic E-state index is -0.624. The van der Waals surface area contributed by atoms with E-state index in [0.717, 1.165) is 31.4 Å². The molecule has 0 aromatic carbocycles. The lowest BCUT2D eigenvalue weighted by atomic mass is 9.97. The Balaban J connectivity index is 1.99. The fourth-order valence-electron chi connectivity index (χ4n) is 1.95. The van der Waals surface area contributed by atoms with Gasteiger partial charge in [0.05, 0.1) is 0 Å². The highest BCUT2D eigenvalue weighted by Gasteiger charge is 2.41. The van der Waals surface area contributed by atoms with Gasteiger partial charge >= 0.3 is 5.97 Å². The summed E-state index contributed by atoms with van der Waals surface area (Å²) >= 11 is 3.34. The number of thioether (sulfide) groups is 1. The Bertz CT molecular complexity index is 326. The van der Waals surface area contributed by atoms with Crippen LogP contribution in [-0.4, -0.2) is 21.6 Å². The molecule has 1 atom stereocenters. The third-order valence-corrected chi connectivity index (χ3v) is 5.41. The van der Waals surface area contributed by atoms with E-state index in [1.807, 2.05) is 11.4 Å². The van der Waals surface area contributed by atoms with Crippen molar-refractivity contribution in [3.05, 3.63) is 22.4 Å². The molecule has 1 N–H and O–H groups in total. The maximum atomic E-state index is 11.3. The summed E-state index contributed by atoms with van der Waals surface area (Å²) in [4.78, 5) is 12.6. The molecule has 0 spiro atoms. The lowest BCUT2D eigenvalue weighted by molar-refractivity contribution is -0.140. The molecule has 0 amide bonds. The number of carbonyl (C=O) groups is 1. The summed E-state index contributed by atoms with van der Waals surface area (Å²) in [7, 11) is 0. The largest absolute Gasteiger partial charge is 0.480 e. The smallest absolute Gasteiger partial charge is 0.319 e. The van der Waals surface area contributed by atoms with Crippen LogP contribution in [0.1, 0.15) is 24.1 Å². The van der Waals surface area contributed by atoms with Gasteiger partial charge in [-0.05, 0) is 42.9 Å². The fraction of sp³-hybridized carbons (Fsp3) is 0.545. The Kier molecular flexibility index (Phi) is 3.36. The highest BCUT2D eigenvalue weighted by atomic mass is 32.2. The van der Waals surface area contributed by atoms with E-state index in [0.29, 0.717) is 0 Å². The van der Waals surface area contributed by atoms with E-state index in [2.05, 4.69) is 6.07 Å². The first-order valence-corrected chi connectivity index (χ1v) is 6.99. The standard InChI is InChI=1S/C11H14O2S2/c12-10(13)11(5-2-8-15-11)6-4-9-3-1-7-14-9/h1,3,7H,2,4-6,8H2,(H,12,13). The van der Waals surface area contributed by atoms with Crippen LogP contribution in [0, 0.1) is 0 Å². The molecular formula is C11H14O2S2. The van der Waals surface area contributed by atoms with Gasteiger partial charge in [0, 0.05) is 4.88 Å². The summed E-state index contributed by atoms with van der Waals surface area (Å²) in [6.45, 7) is 0. The van der Waals surface area contributed by atoms with Crippen molar-refractivity contribution in [3.8, 4) is 0 Å². The Hall–Kier alpha value is -0.480. The molecule has 2 heterocycles. The Morgan fingerprint density at radius 1 is 1.60 bits per heavy atom. The van der Waals surface area contributed by atoms with Crippen molar-refractivity contribution < 1.29 is 9.90 Å². The van der Waals surface area contributed by atoms with Gasteiger partial charge in [-0.2, -0.15) is 0 Å². The van der Waals surface area contributed by atoms with Crippen LogP contribution in [0.2, 0.25) is 0 Å². The second-order valence-electron chi connectivity index (χ2n) is 3.83. The van der Waals surface area contributed by atoms with Crippen LogP contribution in [0.5, 0.6) is 0 Å². The normalized spacial score (nSPS) is 25.6. The zero-order valence-corrected chi connectivity index (χ0v) is 10.1. The maximum absolute atomic E-state index is 11.3. The maximum Gasteiger partial charge on any atom is 0.319 e. The number of carboxylic acids is 1. The van der Waals surface area contributed by atoms with E-state index >= 15 is 0 Å². The molecule has 1 unspecified atom stereocenters. The molecule has 1 aliphatic heterocycles. The summed E-state index contributed by atoms with van der Waals surface area (Å²) in [5.74, 6) is 0.373. The van der Waals surface area contributed by atoms with Gasteiger partial charge in [0.1, 0.15) is 4.75 Å². The summed E-state index contributed by atoms with van der Waals surface area (Å²) < 4.78 is -0.496. The van der Waals surface area contributed by atoms with Crippen molar-refractivity contribution >= 4 is 29.1 Å². The van der Waals surface area contributed by atoms with Crippen molar-refractivity contribution in [1.82, 2.24) is 0 Å². The van der Waals surface area contributed by atoms with Gasteiger partial charge in [-0.25, -0.2) is 0 Å². The number of hydrogen-bond acceptors (Lipinski definition) is 3. The van der Waals surface area contributed by atoms with Gasteiger partial charge in [0.15, 0.2) is 0 Å². The molecule has 1 fully saturated rings. The van der Waals surface area contributed by atoms with Crippen LogP contribution in [0.3, 0.4) is 0 Å². The molecule has 1 saturated heterocycles. The topological polar surface area (TPSA) is 37.3 Å². The second kappa shape index (κ2) is 4.58. The monoisotopic (exact) mass is 242 g/mol. The van der Waals surface area contributed by atoms with Gasteiger partial charge < -0.3 is 5.11 Å². The fourth-order valence-corrected chi connectivity index (χ4v) is 4.00. The quantitative estimate of drug-likeness (QED) is 0.881. The third kappa shape index (κ3) is 2.37. The predicted octanol–water partition coefficient (Wildman–Crippen LogP) is 3.03. The van der Waals surface area contributed by atoms with Crippen LogP contribution in [0.15, 0.2) is 17.5 Å². The molecule has 1 aromatic heterocycles. The van der Waals surface area contributed by atoms with E-state index in [4.69, 9.17) is 0 Å². The molecule has 0 bridgehead atoms. The van der Waals surface area contributed by atoms with E-state index in [-0.39, 0.29) is 0 Å². The van der Waals surface area contributed by atoms with Crippen molar-refractivity contribution in [2.24, 2.45) is 0 Å². The first kappa shape index (κ1) is 11.0. The Morgan fingerprint density at radius 2 is 2.47 bits per heavy atom. The van der Waals surface area contributed by atoms with Crippen molar-refractivity contribution in [2.75, 3.05) is 5.75 Å². The number of aliphatic carboxylic acids is 1. The number of aryl methyl sites for hydroxylation is 1. The van der Waals surface area contributed by atoms with Crippen LogP contribution < -0.4 is 0 Å². The first-order valence-electron chi connectivity index (χ1n) is 5.13. The molecule has 0 radical (unpaired) electrons. The molecule has 1 aliphatic rings.